The summed E-state index contributed by atoms with van der Waals surface area (Å²) in [6.45, 7) is 13.4. The molecule has 3 rings (SSSR count). The minimum atomic E-state index is -4.39. The Morgan fingerprint density at radius 3 is 2.19 bits per heavy atom. The molecule has 1 aromatic carbocycles. The fourth-order valence-corrected chi connectivity index (χ4v) is 9.64. The van der Waals surface area contributed by atoms with Gasteiger partial charge in [0.15, 0.2) is 5.96 Å². The Hall–Kier alpha value is -3.56. The highest BCUT2D eigenvalue weighted by Crippen LogP contribution is 2.46. The lowest BCUT2D eigenvalue weighted by Crippen LogP contribution is -2.55. The van der Waals surface area contributed by atoms with E-state index < -0.39 is 67.4 Å². The first-order valence-corrected chi connectivity index (χ1v) is 22.5. The summed E-state index contributed by atoms with van der Waals surface area (Å²) < 4.78 is 25.3. The molecule has 9 atom stereocenters. The van der Waals surface area contributed by atoms with Gasteiger partial charge in [0.1, 0.15) is 18.0 Å². The summed E-state index contributed by atoms with van der Waals surface area (Å²) in [5.41, 5.74) is 0.660. The molecular weight excluding hydrogens is 765 g/mol. The van der Waals surface area contributed by atoms with E-state index in [0.29, 0.717) is 24.9 Å². The number of amides is 3. The summed E-state index contributed by atoms with van der Waals surface area (Å²) in [5.74, 6) is -3.97. The zero-order valence-electron chi connectivity index (χ0n) is 36.3. The highest BCUT2D eigenvalue weighted by molar-refractivity contribution is 7.59. The van der Waals surface area contributed by atoms with Gasteiger partial charge in [0.2, 0.25) is 25.1 Å². The molecule has 2 heterocycles. The number of carboxylic acid groups (broad SMARTS) is 1. The lowest BCUT2D eigenvalue weighted by atomic mass is 9.89. The van der Waals surface area contributed by atoms with Gasteiger partial charge in [0.05, 0.1) is 36.6 Å². The third kappa shape index (κ3) is 13.0. The molecular formula is C41H70N7O9P. The quantitative estimate of drug-likeness (QED) is 0.0855. The molecule has 1 unspecified atom stereocenters. The lowest BCUT2D eigenvalue weighted by Gasteiger charge is -2.40. The number of aliphatic imine (C=N–C) groups is 1. The number of likely N-dealkylation sites (tertiary alicyclic amines) is 1. The van der Waals surface area contributed by atoms with Crippen molar-refractivity contribution in [3.05, 3.63) is 35.9 Å². The van der Waals surface area contributed by atoms with Crippen molar-refractivity contribution < 1.29 is 43.2 Å². The Bertz CT molecular complexity index is 1580. The minimum Gasteiger partial charge on any atom is -0.481 e. The van der Waals surface area contributed by atoms with Gasteiger partial charge in [0, 0.05) is 74.5 Å². The molecule has 4 N–H and O–H groups in total. The first-order chi connectivity index (χ1) is 27.4. The van der Waals surface area contributed by atoms with Crippen molar-refractivity contribution in [2.75, 3.05) is 74.2 Å². The summed E-state index contributed by atoms with van der Waals surface area (Å²) in [6.07, 6.45) is -0.519. The van der Waals surface area contributed by atoms with Crippen LogP contribution in [0.2, 0.25) is 0 Å². The van der Waals surface area contributed by atoms with E-state index in [1.807, 2.05) is 39.8 Å². The maximum Gasteiger partial charge on any atom is 0.313 e. The SMILES string of the molecule is CC[C@H](C)[C@@H]([C@@H](CC(=O)N1CCC[C@H]1[C@H](OC)[C@@H](C)C(=O)N[C@@H](Cc1ccccc1)P(=O)(O)CC(=O)O)OC)N(C)C(=O)[C@@H](N=C(N(C)C)N1CCNCC1)C(C)C. The number of nitrogens with one attached hydrogen (secondary N) is 2. The molecule has 3 amide bonds. The second-order valence-electron chi connectivity index (χ2n) is 16.4. The zero-order chi connectivity index (χ0) is 43.3. The smallest absolute Gasteiger partial charge is 0.313 e. The molecule has 2 saturated heterocycles. The van der Waals surface area contributed by atoms with E-state index in [1.165, 1.54) is 7.11 Å². The summed E-state index contributed by atoms with van der Waals surface area (Å²) in [6, 6.07) is 7.18. The Morgan fingerprint density at radius 2 is 1.66 bits per heavy atom. The number of guanidine groups is 1. The van der Waals surface area contributed by atoms with Crippen molar-refractivity contribution in [1.29, 1.82) is 0 Å². The van der Waals surface area contributed by atoms with Gasteiger partial charge < -0.3 is 49.7 Å². The van der Waals surface area contributed by atoms with Crippen LogP contribution in [0.1, 0.15) is 65.9 Å². The fraction of sp³-hybridized carbons (Fsp3) is 0.732. The van der Waals surface area contributed by atoms with Gasteiger partial charge in [-0.15, -0.1) is 0 Å². The number of piperazine rings is 1. The molecule has 17 heteroatoms. The van der Waals surface area contributed by atoms with E-state index in [9.17, 15) is 33.7 Å². The largest absolute Gasteiger partial charge is 0.481 e. The third-order valence-corrected chi connectivity index (χ3v) is 13.6. The number of aliphatic carboxylic acids is 1. The Kier molecular flexibility index (Phi) is 19.1. The predicted molar refractivity (Wildman–Crippen MR) is 225 cm³/mol. The number of ether oxygens (including phenoxy) is 2. The molecule has 2 aliphatic rings. The van der Waals surface area contributed by atoms with Crippen LogP contribution in [-0.4, -0.2) is 170 Å². The van der Waals surface area contributed by atoms with Gasteiger partial charge >= 0.3 is 5.97 Å². The van der Waals surface area contributed by atoms with Crippen molar-refractivity contribution in [2.45, 2.75) is 103 Å². The highest BCUT2D eigenvalue weighted by atomic mass is 31.2. The fourth-order valence-electron chi connectivity index (χ4n) is 8.20. The lowest BCUT2D eigenvalue weighted by molar-refractivity contribution is -0.146. The number of benzene rings is 1. The van der Waals surface area contributed by atoms with Gasteiger partial charge in [-0.05, 0) is 30.2 Å². The maximum absolute atomic E-state index is 14.5. The van der Waals surface area contributed by atoms with E-state index in [-0.39, 0.29) is 36.5 Å². The van der Waals surface area contributed by atoms with Crippen LogP contribution in [0.3, 0.4) is 0 Å². The monoisotopic (exact) mass is 835 g/mol. The molecule has 0 aliphatic carbocycles. The average Bonchev–Trinajstić information content (AvgIpc) is 3.67. The maximum atomic E-state index is 14.5. The van der Waals surface area contributed by atoms with Crippen LogP contribution in [-0.2, 0) is 39.6 Å². The van der Waals surface area contributed by atoms with Crippen LogP contribution < -0.4 is 10.6 Å². The Balaban J connectivity index is 1.84. The van der Waals surface area contributed by atoms with Gasteiger partial charge in [-0.25, -0.2) is 4.99 Å². The molecule has 1 aromatic rings. The number of carbonyl (C=O) groups is 4. The summed E-state index contributed by atoms with van der Waals surface area (Å²) in [4.78, 5) is 77.6. The van der Waals surface area contributed by atoms with Crippen LogP contribution >= 0.6 is 7.37 Å². The first kappa shape index (κ1) is 48.8. The number of rotatable bonds is 20. The molecule has 0 saturated carbocycles. The van der Waals surface area contributed by atoms with Gasteiger partial charge in [-0.1, -0.05) is 71.4 Å². The van der Waals surface area contributed by atoms with E-state index in [0.717, 1.165) is 38.6 Å². The molecule has 328 valence electrons. The molecule has 58 heavy (non-hydrogen) atoms. The molecule has 2 aliphatic heterocycles. The van der Waals surface area contributed by atoms with Crippen LogP contribution in [0.4, 0.5) is 0 Å². The number of likely N-dealkylation sites (N-methyl/N-ethyl adjacent to an activating group) is 1. The van der Waals surface area contributed by atoms with Crippen LogP contribution in [0, 0.1) is 17.8 Å². The third-order valence-electron chi connectivity index (χ3n) is 11.6. The summed E-state index contributed by atoms with van der Waals surface area (Å²) >= 11 is 0. The summed E-state index contributed by atoms with van der Waals surface area (Å²) in [7, 11) is 4.28. The number of methoxy groups -OCH3 is 2. The van der Waals surface area contributed by atoms with Crippen molar-refractivity contribution in [1.82, 2.24) is 30.2 Å². The Morgan fingerprint density at radius 1 is 1.02 bits per heavy atom. The number of hydrogen-bond donors (Lipinski definition) is 4. The number of carbonyl (C=O) groups excluding carboxylic acids is 3. The topological polar surface area (TPSA) is 194 Å². The van der Waals surface area contributed by atoms with Gasteiger partial charge in [-0.3, -0.25) is 23.7 Å². The average molecular weight is 836 g/mol. The zero-order valence-corrected chi connectivity index (χ0v) is 37.2. The summed E-state index contributed by atoms with van der Waals surface area (Å²) in [5, 5.41) is 15.4. The second-order valence-corrected chi connectivity index (χ2v) is 18.8. The van der Waals surface area contributed by atoms with E-state index in [2.05, 4.69) is 22.5 Å². The van der Waals surface area contributed by atoms with Crippen LogP contribution in [0.25, 0.3) is 0 Å². The van der Waals surface area contributed by atoms with E-state index in [1.54, 1.807) is 61.2 Å². The minimum absolute atomic E-state index is 0.0159. The predicted octanol–water partition coefficient (Wildman–Crippen LogP) is 2.79. The van der Waals surface area contributed by atoms with E-state index in [4.69, 9.17) is 14.5 Å². The van der Waals surface area contributed by atoms with Crippen LogP contribution in [0.5, 0.6) is 0 Å². The first-order valence-electron chi connectivity index (χ1n) is 20.6. The molecule has 0 spiro atoms. The molecule has 0 radical (unpaired) electrons. The van der Waals surface area contributed by atoms with Crippen LogP contribution in [0.15, 0.2) is 35.3 Å². The number of carboxylic acids is 1. The van der Waals surface area contributed by atoms with Gasteiger partial charge in [-0.2, -0.15) is 0 Å². The van der Waals surface area contributed by atoms with Crippen molar-refractivity contribution in [2.24, 2.45) is 22.7 Å². The van der Waals surface area contributed by atoms with Gasteiger partial charge in [0.25, 0.3) is 0 Å². The molecule has 0 bridgehead atoms. The van der Waals surface area contributed by atoms with Crippen molar-refractivity contribution in [3.63, 3.8) is 0 Å². The van der Waals surface area contributed by atoms with E-state index >= 15 is 0 Å². The highest BCUT2D eigenvalue weighted by Gasteiger charge is 2.44. The normalized spacial score (nSPS) is 21.0. The Labute approximate surface area is 345 Å². The van der Waals surface area contributed by atoms with Crippen molar-refractivity contribution in [3.8, 4) is 0 Å². The molecule has 16 nitrogen and oxygen atoms in total. The van der Waals surface area contributed by atoms with Crippen molar-refractivity contribution >= 4 is 37.0 Å². The molecule has 2 fully saturated rings. The number of nitrogens with zero attached hydrogens (tertiary/aromatic N) is 5. The molecule has 0 aromatic heterocycles. The standard InChI is InChI=1S/C41H70N7O9P/c1-11-28(4)37(46(8)40(53)36(27(2)3)44-41(45(6)7)47-22-19-42-20-23-47)32(56-9)25-34(49)48-21-15-18-31(48)38(57-10)29(5)39(52)43-33(58(54,55)26-35(50)51)24-30-16-13-12-14-17-30/h12-14,16-17,27-29,31-33,36-38,42H,11,15,18-26H2,1-10H3,(H,43,52)(H,50,51)(H,54,55)/t28-,29+,31-,32+,33+,36-,37-,38+/m0/s1. The second kappa shape index (κ2) is 22.7. The number of hydrogen-bond acceptors (Lipinski definition) is 9.